The van der Waals surface area contributed by atoms with E-state index in [0.29, 0.717) is 23.5 Å². The lowest BCUT2D eigenvalue weighted by Crippen LogP contribution is -2.61. The van der Waals surface area contributed by atoms with Crippen LogP contribution in [0.1, 0.15) is 23.0 Å². The molecule has 0 aliphatic carbocycles. The number of morpholine rings is 1. The van der Waals surface area contributed by atoms with E-state index in [0.717, 1.165) is 4.90 Å². The first kappa shape index (κ1) is 25.4. The number of anilines is 1. The SMILES string of the molecule is C[C@@H]1OC(F)(F)CN(C(=O)c2nn(C)cc2-c2ccc(F)cc2)[C@@H]1CNc1ncc(C(F)(F)F)cn1. The molecule has 0 spiro atoms. The minimum absolute atomic E-state index is 0.134. The topological polar surface area (TPSA) is 85.2 Å². The molecule has 0 radical (unpaired) electrons. The highest BCUT2D eigenvalue weighted by Gasteiger charge is 2.48. The van der Waals surface area contributed by atoms with Gasteiger partial charge in [0, 0.05) is 37.7 Å². The van der Waals surface area contributed by atoms with Gasteiger partial charge in [0.1, 0.15) is 12.4 Å². The first-order chi connectivity index (χ1) is 16.8. The molecule has 8 nitrogen and oxygen atoms in total. The van der Waals surface area contributed by atoms with E-state index in [-0.39, 0.29) is 18.2 Å². The molecule has 1 aliphatic rings. The van der Waals surface area contributed by atoms with E-state index in [1.54, 1.807) is 7.05 Å². The lowest BCUT2D eigenvalue weighted by Gasteiger charge is -2.43. The number of aromatic nitrogens is 4. The van der Waals surface area contributed by atoms with Crippen molar-refractivity contribution in [1.29, 1.82) is 0 Å². The number of rotatable bonds is 5. The van der Waals surface area contributed by atoms with E-state index in [2.05, 4.69) is 20.4 Å². The van der Waals surface area contributed by atoms with Crippen LogP contribution in [0.25, 0.3) is 11.1 Å². The summed E-state index contributed by atoms with van der Waals surface area (Å²) in [6.45, 7) is 0.0511. The van der Waals surface area contributed by atoms with Crippen molar-refractivity contribution in [2.75, 3.05) is 18.4 Å². The van der Waals surface area contributed by atoms with Crippen molar-refractivity contribution in [3.8, 4) is 11.1 Å². The highest BCUT2D eigenvalue weighted by atomic mass is 19.4. The van der Waals surface area contributed by atoms with Crippen LogP contribution >= 0.6 is 0 Å². The van der Waals surface area contributed by atoms with Crippen LogP contribution in [0, 0.1) is 5.82 Å². The van der Waals surface area contributed by atoms with Crippen LogP contribution in [-0.4, -0.2) is 61.9 Å². The van der Waals surface area contributed by atoms with Gasteiger partial charge in [-0.3, -0.25) is 9.48 Å². The highest BCUT2D eigenvalue weighted by Crippen LogP contribution is 2.32. The number of halogens is 6. The molecule has 1 aromatic carbocycles. The van der Waals surface area contributed by atoms with Crippen molar-refractivity contribution in [3.05, 3.63) is 59.9 Å². The van der Waals surface area contributed by atoms with Crippen molar-refractivity contribution in [3.63, 3.8) is 0 Å². The lowest BCUT2D eigenvalue weighted by molar-refractivity contribution is -0.298. The number of ether oxygens (including phenoxy) is 1. The van der Waals surface area contributed by atoms with Crippen LogP contribution in [0.2, 0.25) is 0 Å². The van der Waals surface area contributed by atoms with E-state index >= 15 is 0 Å². The molecule has 1 amide bonds. The quantitative estimate of drug-likeness (QED) is 0.519. The zero-order valence-corrected chi connectivity index (χ0v) is 18.9. The van der Waals surface area contributed by atoms with Gasteiger partial charge in [-0.05, 0) is 24.6 Å². The van der Waals surface area contributed by atoms with Crippen LogP contribution < -0.4 is 5.32 Å². The number of nitrogens with one attached hydrogen (secondary N) is 1. The second-order valence-electron chi connectivity index (χ2n) is 8.21. The fraction of sp³-hybridized carbons (Fsp3) is 0.364. The number of hydrogen-bond donors (Lipinski definition) is 1. The van der Waals surface area contributed by atoms with Gasteiger partial charge in [0.25, 0.3) is 5.91 Å². The number of amides is 1. The molecule has 192 valence electrons. The number of nitrogens with zero attached hydrogens (tertiary/aromatic N) is 5. The summed E-state index contributed by atoms with van der Waals surface area (Å²) >= 11 is 0. The van der Waals surface area contributed by atoms with Crippen LogP contribution in [0.5, 0.6) is 0 Å². The van der Waals surface area contributed by atoms with Crippen molar-refractivity contribution >= 4 is 11.9 Å². The van der Waals surface area contributed by atoms with Crippen LogP contribution in [0.4, 0.5) is 32.3 Å². The Morgan fingerprint density at radius 1 is 1.19 bits per heavy atom. The fourth-order valence-electron chi connectivity index (χ4n) is 3.84. The highest BCUT2D eigenvalue weighted by molar-refractivity contribution is 5.99. The van der Waals surface area contributed by atoms with E-state index in [4.69, 9.17) is 4.74 Å². The van der Waals surface area contributed by atoms with Crippen molar-refractivity contribution in [2.45, 2.75) is 31.4 Å². The Labute approximate surface area is 200 Å². The van der Waals surface area contributed by atoms with Crippen molar-refractivity contribution < 1.29 is 35.9 Å². The molecule has 36 heavy (non-hydrogen) atoms. The number of carbonyl (C=O) groups excluding carboxylic acids is 1. The Bertz CT molecular complexity index is 1230. The Kier molecular flexibility index (Phi) is 6.64. The second kappa shape index (κ2) is 9.41. The molecule has 14 heteroatoms. The maximum Gasteiger partial charge on any atom is 0.419 e. The summed E-state index contributed by atoms with van der Waals surface area (Å²) in [5.74, 6) is -1.51. The standard InChI is InChI=1S/C22H20F6N6O2/c1-12-17(9-31-20-29-7-14(8-30-20)22(26,27)28)34(11-21(24,25)36-12)19(35)18-16(10-33(2)32-18)13-3-5-15(23)6-4-13/h3-8,10,12,17H,9,11H2,1-2H3,(H,29,30,31)/t12-,17+/m0/s1. The number of carbonyl (C=O) groups is 1. The minimum Gasteiger partial charge on any atom is -0.352 e. The van der Waals surface area contributed by atoms with E-state index in [1.165, 1.54) is 42.1 Å². The summed E-state index contributed by atoms with van der Waals surface area (Å²) in [7, 11) is 1.54. The summed E-state index contributed by atoms with van der Waals surface area (Å²) in [5, 5.41) is 6.81. The first-order valence-corrected chi connectivity index (χ1v) is 10.6. The predicted octanol–water partition coefficient (Wildman–Crippen LogP) is 3.97. The van der Waals surface area contributed by atoms with Gasteiger partial charge in [-0.2, -0.15) is 27.1 Å². The maximum absolute atomic E-state index is 14.3. The van der Waals surface area contributed by atoms with E-state index in [9.17, 15) is 31.1 Å². The smallest absolute Gasteiger partial charge is 0.352 e. The van der Waals surface area contributed by atoms with E-state index in [1.807, 2.05) is 0 Å². The number of hydrogen-bond acceptors (Lipinski definition) is 6. The van der Waals surface area contributed by atoms with Gasteiger partial charge < -0.3 is 15.0 Å². The predicted molar refractivity (Wildman–Crippen MR) is 114 cm³/mol. The Morgan fingerprint density at radius 2 is 1.83 bits per heavy atom. The van der Waals surface area contributed by atoms with E-state index < -0.39 is 48.3 Å². The summed E-state index contributed by atoms with van der Waals surface area (Å²) in [4.78, 5) is 21.6. The van der Waals surface area contributed by atoms with Gasteiger partial charge in [-0.1, -0.05) is 12.1 Å². The fourth-order valence-corrected chi connectivity index (χ4v) is 3.84. The lowest BCUT2D eigenvalue weighted by atomic mass is 10.0. The normalized spacial score (nSPS) is 19.8. The molecule has 2 aromatic heterocycles. The maximum atomic E-state index is 14.3. The van der Waals surface area contributed by atoms with Gasteiger partial charge in [0.05, 0.1) is 17.7 Å². The monoisotopic (exact) mass is 514 g/mol. The summed E-state index contributed by atoms with van der Waals surface area (Å²) < 4.78 is 86.3. The van der Waals surface area contributed by atoms with Gasteiger partial charge in [-0.15, -0.1) is 0 Å². The van der Waals surface area contributed by atoms with Crippen molar-refractivity contribution in [2.24, 2.45) is 7.05 Å². The molecule has 2 atom stereocenters. The number of benzene rings is 1. The van der Waals surface area contributed by atoms with Gasteiger partial charge in [0.2, 0.25) is 5.95 Å². The third-order valence-electron chi connectivity index (χ3n) is 5.55. The molecule has 3 heterocycles. The molecule has 0 saturated carbocycles. The average molecular weight is 514 g/mol. The third-order valence-corrected chi connectivity index (χ3v) is 5.55. The second-order valence-corrected chi connectivity index (χ2v) is 8.21. The summed E-state index contributed by atoms with van der Waals surface area (Å²) in [6.07, 6.45) is -6.78. The van der Waals surface area contributed by atoms with Crippen molar-refractivity contribution in [1.82, 2.24) is 24.6 Å². The average Bonchev–Trinajstić information content (AvgIpc) is 3.19. The molecule has 4 rings (SSSR count). The van der Waals surface area contributed by atoms with Crippen LogP contribution in [-0.2, 0) is 18.0 Å². The summed E-state index contributed by atoms with van der Waals surface area (Å²) in [5.41, 5.74) is -0.427. The number of aryl methyl sites for hydroxylation is 1. The molecule has 1 fully saturated rings. The molecule has 1 aliphatic heterocycles. The molecule has 1 N–H and O–H groups in total. The first-order valence-electron chi connectivity index (χ1n) is 10.6. The van der Waals surface area contributed by atoms with Gasteiger partial charge in [-0.25, -0.2) is 14.4 Å². The Hall–Kier alpha value is -3.68. The van der Waals surface area contributed by atoms with Gasteiger partial charge >= 0.3 is 12.3 Å². The molecule has 3 aromatic rings. The number of alkyl halides is 5. The minimum atomic E-state index is -4.62. The largest absolute Gasteiger partial charge is 0.419 e. The van der Waals surface area contributed by atoms with Gasteiger partial charge in [0.15, 0.2) is 5.69 Å². The zero-order valence-electron chi connectivity index (χ0n) is 18.9. The molecule has 0 unspecified atom stereocenters. The Morgan fingerprint density at radius 3 is 2.44 bits per heavy atom. The van der Waals surface area contributed by atoms with Crippen LogP contribution in [0.3, 0.4) is 0 Å². The molecule has 0 bridgehead atoms. The molecular weight excluding hydrogens is 494 g/mol. The summed E-state index contributed by atoms with van der Waals surface area (Å²) in [6, 6.07) is 4.27. The Balaban J connectivity index is 1.60. The zero-order chi connectivity index (χ0) is 26.3. The molecule has 1 saturated heterocycles. The molecular formula is C22H20F6N6O2. The third kappa shape index (κ3) is 5.42. The van der Waals surface area contributed by atoms with Crippen LogP contribution in [0.15, 0.2) is 42.9 Å².